The number of fused-ring (bicyclic) bond motifs is 1. The summed E-state index contributed by atoms with van der Waals surface area (Å²) in [5, 5.41) is 14.6. The third-order valence-corrected chi connectivity index (χ3v) is 5.27. The molecule has 0 spiro atoms. The summed E-state index contributed by atoms with van der Waals surface area (Å²) in [7, 11) is 0. The Morgan fingerprint density at radius 2 is 2.08 bits per heavy atom. The average Bonchev–Trinajstić information content (AvgIpc) is 3.41. The normalized spacial score (nSPS) is 16.6. The Morgan fingerprint density at radius 3 is 2.88 bits per heavy atom. The number of benzene rings is 1. The Labute approximate surface area is 153 Å². The lowest BCUT2D eigenvalue weighted by atomic mass is 10.1. The minimum atomic E-state index is -0.0374. The molecule has 0 bridgehead atoms. The van der Waals surface area contributed by atoms with Crippen LogP contribution in [0.3, 0.4) is 0 Å². The van der Waals surface area contributed by atoms with Gasteiger partial charge in [0.1, 0.15) is 6.10 Å². The molecule has 0 N–H and O–H groups in total. The predicted octanol–water partition coefficient (Wildman–Crippen LogP) is 3.64. The third kappa shape index (κ3) is 2.63. The summed E-state index contributed by atoms with van der Waals surface area (Å²) in [5.41, 5.74) is 3.84. The highest BCUT2D eigenvalue weighted by atomic mass is 32.1. The number of aromatic nitrogens is 5. The molecule has 0 aliphatic carbocycles. The van der Waals surface area contributed by atoms with Gasteiger partial charge in [0.05, 0.1) is 23.7 Å². The van der Waals surface area contributed by atoms with Crippen molar-refractivity contribution in [2.45, 2.75) is 26.2 Å². The molecule has 4 heterocycles. The van der Waals surface area contributed by atoms with E-state index in [4.69, 9.17) is 9.26 Å². The first-order valence-corrected chi connectivity index (χ1v) is 9.14. The molecule has 4 aromatic rings. The summed E-state index contributed by atoms with van der Waals surface area (Å²) in [6, 6.07) is 12.3. The van der Waals surface area contributed by atoms with Crippen molar-refractivity contribution in [3.05, 3.63) is 58.6 Å². The molecule has 130 valence electrons. The van der Waals surface area contributed by atoms with Gasteiger partial charge in [-0.1, -0.05) is 46.3 Å². The molecule has 3 aromatic heterocycles. The topological polar surface area (TPSA) is 78.9 Å². The minimum Gasteiger partial charge on any atom is -0.365 e. The van der Waals surface area contributed by atoms with Crippen molar-refractivity contribution >= 4 is 11.3 Å². The monoisotopic (exact) mass is 365 g/mol. The van der Waals surface area contributed by atoms with E-state index in [-0.39, 0.29) is 6.10 Å². The number of hydrogen-bond acceptors (Lipinski definition) is 7. The minimum absolute atomic E-state index is 0.0374. The summed E-state index contributed by atoms with van der Waals surface area (Å²) in [4.78, 5) is 5.38. The molecule has 5 rings (SSSR count). The van der Waals surface area contributed by atoms with Gasteiger partial charge in [-0.25, -0.2) is 4.68 Å². The highest BCUT2D eigenvalue weighted by molar-refractivity contribution is 7.13. The molecule has 1 aliphatic rings. The Kier molecular flexibility index (Phi) is 3.65. The van der Waals surface area contributed by atoms with Crippen molar-refractivity contribution in [3.63, 3.8) is 0 Å². The van der Waals surface area contributed by atoms with Gasteiger partial charge in [0.2, 0.25) is 5.82 Å². The summed E-state index contributed by atoms with van der Waals surface area (Å²) in [6.07, 6.45) is -0.0374. The second-order valence-corrected chi connectivity index (χ2v) is 7.13. The lowest BCUT2D eigenvalue weighted by molar-refractivity contribution is -0.00112. The molecule has 8 heteroatoms. The highest BCUT2D eigenvalue weighted by Crippen LogP contribution is 2.31. The molecule has 1 aromatic carbocycles. The Hall–Kier alpha value is -2.84. The molecule has 26 heavy (non-hydrogen) atoms. The summed E-state index contributed by atoms with van der Waals surface area (Å²) in [5.74, 6) is 0.929. The molecule has 0 amide bonds. The van der Waals surface area contributed by atoms with E-state index in [9.17, 15) is 0 Å². The standard InChI is InChI=1S/C18H15N5O2S/c1-11-4-6-12(7-5-11)14-9-23-13(10-24-14)16(20-22-23)17-19-18(25-21-17)15-3-2-8-26-15/h2-8,14H,9-10H2,1H3/t14-/m1/s1. The SMILES string of the molecule is Cc1ccc([C@H]2Cn3nnc(-c4noc(-c5cccs5)n4)c3CO2)cc1. The van der Waals surface area contributed by atoms with Crippen molar-refractivity contribution in [3.8, 4) is 22.3 Å². The predicted molar refractivity (Wildman–Crippen MR) is 95.3 cm³/mol. The molecule has 0 unspecified atom stereocenters. The largest absolute Gasteiger partial charge is 0.365 e. The Balaban J connectivity index is 1.42. The van der Waals surface area contributed by atoms with Crippen molar-refractivity contribution < 1.29 is 9.26 Å². The van der Waals surface area contributed by atoms with Crippen LogP contribution in [-0.2, 0) is 17.9 Å². The zero-order valence-electron chi connectivity index (χ0n) is 14.0. The maximum absolute atomic E-state index is 6.04. The first kappa shape index (κ1) is 15.4. The quantitative estimate of drug-likeness (QED) is 0.551. The fourth-order valence-electron chi connectivity index (χ4n) is 2.99. The van der Waals surface area contributed by atoms with Crippen LogP contribution in [0.15, 0.2) is 46.3 Å². The van der Waals surface area contributed by atoms with Crippen LogP contribution in [0.5, 0.6) is 0 Å². The number of hydrogen-bond donors (Lipinski definition) is 0. The Morgan fingerprint density at radius 1 is 1.19 bits per heavy atom. The molecule has 7 nitrogen and oxygen atoms in total. The summed E-state index contributed by atoms with van der Waals surface area (Å²) < 4.78 is 13.3. The fraction of sp³-hybridized carbons (Fsp3) is 0.222. The summed E-state index contributed by atoms with van der Waals surface area (Å²) in [6.45, 7) is 3.09. The number of ether oxygens (including phenoxy) is 1. The number of aryl methyl sites for hydroxylation is 1. The third-order valence-electron chi connectivity index (χ3n) is 4.42. The van der Waals surface area contributed by atoms with Gasteiger partial charge in [-0.15, -0.1) is 16.4 Å². The maximum atomic E-state index is 6.04. The van der Waals surface area contributed by atoms with Gasteiger partial charge in [0, 0.05) is 0 Å². The molecule has 1 aliphatic heterocycles. The van der Waals surface area contributed by atoms with Crippen molar-refractivity contribution in [2.24, 2.45) is 0 Å². The van der Waals surface area contributed by atoms with Crippen LogP contribution in [0.25, 0.3) is 22.3 Å². The van der Waals surface area contributed by atoms with Gasteiger partial charge in [0.25, 0.3) is 5.89 Å². The van der Waals surface area contributed by atoms with Gasteiger partial charge >= 0.3 is 0 Å². The van der Waals surface area contributed by atoms with Crippen LogP contribution in [-0.4, -0.2) is 25.1 Å². The first-order valence-electron chi connectivity index (χ1n) is 8.26. The fourth-order valence-corrected chi connectivity index (χ4v) is 3.63. The highest BCUT2D eigenvalue weighted by Gasteiger charge is 2.27. The maximum Gasteiger partial charge on any atom is 0.268 e. The second kappa shape index (κ2) is 6.15. The average molecular weight is 365 g/mol. The molecule has 1 atom stereocenters. The number of thiophene rings is 1. The molecular formula is C18H15N5O2S. The van der Waals surface area contributed by atoms with Crippen LogP contribution in [0.4, 0.5) is 0 Å². The van der Waals surface area contributed by atoms with Crippen molar-refractivity contribution in [1.29, 1.82) is 0 Å². The lowest BCUT2D eigenvalue weighted by Crippen LogP contribution is -2.22. The van der Waals surface area contributed by atoms with E-state index in [0.717, 1.165) is 16.1 Å². The van der Waals surface area contributed by atoms with E-state index in [1.165, 1.54) is 5.56 Å². The number of rotatable bonds is 3. The van der Waals surface area contributed by atoms with Crippen LogP contribution < -0.4 is 0 Å². The first-order chi connectivity index (χ1) is 12.8. The molecule has 0 saturated carbocycles. The van der Waals surface area contributed by atoms with Gasteiger partial charge < -0.3 is 9.26 Å². The van der Waals surface area contributed by atoms with Crippen LogP contribution >= 0.6 is 11.3 Å². The zero-order chi connectivity index (χ0) is 17.5. The van der Waals surface area contributed by atoms with Gasteiger partial charge in [-0.3, -0.25) is 0 Å². The zero-order valence-corrected chi connectivity index (χ0v) is 14.8. The molecule has 0 fully saturated rings. The second-order valence-electron chi connectivity index (χ2n) is 6.18. The molecular weight excluding hydrogens is 350 g/mol. The van der Waals surface area contributed by atoms with Gasteiger partial charge in [-0.2, -0.15) is 4.98 Å². The van der Waals surface area contributed by atoms with E-state index in [0.29, 0.717) is 30.6 Å². The van der Waals surface area contributed by atoms with E-state index in [2.05, 4.69) is 51.6 Å². The molecule has 0 radical (unpaired) electrons. The van der Waals surface area contributed by atoms with Crippen molar-refractivity contribution in [1.82, 2.24) is 25.1 Å². The van der Waals surface area contributed by atoms with Crippen molar-refractivity contribution in [2.75, 3.05) is 0 Å². The van der Waals surface area contributed by atoms with Crippen LogP contribution in [0.1, 0.15) is 22.9 Å². The van der Waals surface area contributed by atoms with E-state index in [1.54, 1.807) is 11.3 Å². The van der Waals surface area contributed by atoms with E-state index < -0.39 is 0 Å². The number of nitrogens with zero attached hydrogens (tertiary/aromatic N) is 5. The van der Waals surface area contributed by atoms with E-state index >= 15 is 0 Å². The lowest BCUT2D eigenvalue weighted by Gasteiger charge is -2.24. The van der Waals surface area contributed by atoms with Gasteiger partial charge in [0.15, 0.2) is 5.69 Å². The van der Waals surface area contributed by atoms with Crippen LogP contribution in [0.2, 0.25) is 0 Å². The smallest absolute Gasteiger partial charge is 0.268 e. The van der Waals surface area contributed by atoms with Gasteiger partial charge in [-0.05, 0) is 23.9 Å². The molecule has 0 saturated heterocycles. The van der Waals surface area contributed by atoms with E-state index in [1.807, 2.05) is 22.2 Å². The van der Waals surface area contributed by atoms with Crippen LogP contribution in [0, 0.1) is 6.92 Å². The summed E-state index contributed by atoms with van der Waals surface area (Å²) >= 11 is 1.55. The Bertz CT molecular complexity index is 1040.